The number of piperidine rings is 1. The van der Waals surface area contributed by atoms with Crippen LogP contribution in [0, 0.1) is 13.8 Å². The van der Waals surface area contributed by atoms with E-state index in [1.807, 2.05) is 4.90 Å². The molecule has 0 unspecified atom stereocenters. The van der Waals surface area contributed by atoms with Crippen LogP contribution in [0.25, 0.3) is 0 Å². The Morgan fingerprint density at radius 1 is 1.13 bits per heavy atom. The Morgan fingerprint density at radius 2 is 1.90 bits per heavy atom. The van der Waals surface area contributed by atoms with Crippen LogP contribution in [-0.4, -0.2) is 74.9 Å². The van der Waals surface area contributed by atoms with Crippen molar-refractivity contribution in [2.45, 2.75) is 52.0 Å². The predicted molar refractivity (Wildman–Crippen MR) is 112 cm³/mol. The van der Waals surface area contributed by atoms with Crippen LogP contribution in [0.4, 0.5) is 5.82 Å². The summed E-state index contributed by atoms with van der Waals surface area (Å²) in [4.78, 5) is 30.6. The molecule has 2 fully saturated rings. The van der Waals surface area contributed by atoms with Gasteiger partial charge in [-0.15, -0.1) is 0 Å². The minimum absolute atomic E-state index is 0.226. The number of nitrogens with zero attached hydrogens (tertiary/aromatic N) is 7. The summed E-state index contributed by atoms with van der Waals surface area (Å²) in [7, 11) is 0. The topological polar surface area (TPSA) is 89.3 Å². The van der Waals surface area contributed by atoms with E-state index in [1.165, 1.54) is 6.33 Å². The number of morpholine rings is 1. The molecule has 4 heterocycles. The van der Waals surface area contributed by atoms with Gasteiger partial charge in [0.2, 0.25) is 5.91 Å². The molecule has 0 radical (unpaired) electrons. The van der Waals surface area contributed by atoms with Gasteiger partial charge in [-0.1, -0.05) is 0 Å². The second-order valence-electron chi connectivity index (χ2n) is 8.13. The van der Waals surface area contributed by atoms with E-state index in [-0.39, 0.29) is 5.91 Å². The Morgan fingerprint density at radius 3 is 2.60 bits per heavy atom. The molecule has 9 nitrogen and oxygen atoms in total. The Hall–Kier alpha value is -2.55. The summed E-state index contributed by atoms with van der Waals surface area (Å²) in [5.41, 5.74) is 2.20. The lowest BCUT2D eigenvalue weighted by Crippen LogP contribution is -2.39. The highest BCUT2D eigenvalue weighted by Gasteiger charge is 2.27. The normalized spacial score (nSPS) is 18.1. The van der Waals surface area contributed by atoms with Crippen LogP contribution < -0.4 is 4.90 Å². The first-order valence-corrected chi connectivity index (χ1v) is 10.9. The predicted octanol–water partition coefficient (Wildman–Crippen LogP) is 1.71. The third-order valence-corrected chi connectivity index (χ3v) is 6.15. The maximum atomic E-state index is 12.6. The number of likely N-dealkylation sites (tertiary alicyclic amines) is 1. The summed E-state index contributed by atoms with van der Waals surface area (Å²) in [6.45, 7) is 9.68. The summed E-state index contributed by atoms with van der Waals surface area (Å²) in [5.74, 6) is 2.51. The number of hydrogen-bond acceptors (Lipinski definition) is 7. The summed E-state index contributed by atoms with van der Waals surface area (Å²) in [6, 6.07) is 0. The molecule has 30 heavy (non-hydrogen) atoms. The highest BCUT2D eigenvalue weighted by molar-refractivity contribution is 5.76. The number of carbonyl (C=O) groups is 1. The average molecular weight is 414 g/mol. The molecular weight excluding hydrogens is 382 g/mol. The molecule has 1 amide bonds. The van der Waals surface area contributed by atoms with Crippen molar-refractivity contribution in [3.05, 3.63) is 29.7 Å². The Kier molecular flexibility index (Phi) is 6.56. The summed E-state index contributed by atoms with van der Waals surface area (Å²) >= 11 is 0. The van der Waals surface area contributed by atoms with Gasteiger partial charge in [-0.3, -0.25) is 9.48 Å². The van der Waals surface area contributed by atoms with Gasteiger partial charge in [0.05, 0.1) is 13.2 Å². The first kappa shape index (κ1) is 20.7. The highest BCUT2D eigenvalue weighted by atomic mass is 16.5. The van der Waals surface area contributed by atoms with Gasteiger partial charge in [-0.25, -0.2) is 15.0 Å². The quantitative estimate of drug-likeness (QED) is 0.712. The van der Waals surface area contributed by atoms with Crippen LogP contribution >= 0.6 is 0 Å². The number of hydrogen-bond donors (Lipinski definition) is 0. The monoisotopic (exact) mass is 413 g/mol. The third-order valence-electron chi connectivity index (χ3n) is 6.15. The Bertz CT molecular complexity index is 841. The van der Waals surface area contributed by atoms with E-state index in [2.05, 4.69) is 28.8 Å². The molecule has 0 atom stereocenters. The molecule has 162 valence electrons. The largest absolute Gasteiger partial charge is 0.378 e. The minimum atomic E-state index is 0.226. The van der Waals surface area contributed by atoms with Gasteiger partial charge in [-0.05, 0) is 33.1 Å². The van der Waals surface area contributed by atoms with E-state index in [9.17, 15) is 4.79 Å². The lowest BCUT2D eigenvalue weighted by molar-refractivity contribution is -0.132. The van der Waals surface area contributed by atoms with Crippen molar-refractivity contribution in [1.82, 2.24) is 29.6 Å². The molecule has 2 saturated heterocycles. The minimum Gasteiger partial charge on any atom is -0.378 e. The Labute approximate surface area is 177 Å². The average Bonchev–Trinajstić information content (AvgIpc) is 3.30. The van der Waals surface area contributed by atoms with Crippen LogP contribution in [0.1, 0.15) is 48.7 Å². The van der Waals surface area contributed by atoms with Crippen molar-refractivity contribution in [1.29, 1.82) is 0 Å². The molecule has 9 heteroatoms. The second-order valence-corrected chi connectivity index (χ2v) is 8.13. The van der Waals surface area contributed by atoms with Crippen LogP contribution in [0.5, 0.6) is 0 Å². The van der Waals surface area contributed by atoms with Gasteiger partial charge in [0.15, 0.2) is 0 Å². The van der Waals surface area contributed by atoms with E-state index in [4.69, 9.17) is 14.7 Å². The smallest absolute Gasteiger partial charge is 0.222 e. The van der Waals surface area contributed by atoms with Crippen LogP contribution in [0.3, 0.4) is 0 Å². The van der Waals surface area contributed by atoms with E-state index in [1.54, 1.807) is 11.0 Å². The molecule has 2 aromatic rings. The standard InChI is InChI=1S/C21H31N7O2/c1-16-17(2)24-20(25-21(16)27-10-12-30-13-11-27)18-5-8-26(9-6-18)19(29)4-3-7-28-15-22-14-23-28/h14-15,18H,3-13H2,1-2H3. The maximum absolute atomic E-state index is 12.6. The van der Waals surface area contributed by atoms with E-state index >= 15 is 0 Å². The van der Waals surface area contributed by atoms with Crippen molar-refractivity contribution < 1.29 is 9.53 Å². The molecule has 0 saturated carbocycles. The van der Waals surface area contributed by atoms with Crippen LogP contribution in [0.15, 0.2) is 12.7 Å². The van der Waals surface area contributed by atoms with Gasteiger partial charge in [0.25, 0.3) is 0 Å². The summed E-state index contributed by atoms with van der Waals surface area (Å²) in [5, 5.41) is 4.08. The van der Waals surface area contributed by atoms with Crippen LogP contribution in [0.2, 0.25) is 0 Å². The molecule has 2 aliphatic heterocycles. The van der Waals surface area contributed by atoms with Gasteiger partial charge < -0.3 is 14.5 Å². The zero-order valence-electron chi connectivity index (χ0n) is 18.0. The first-order valence-electron chi connectivity index (χ1n) is 10.9. The second kappa shape index (κ2) is 9.51. The van der Waals surface area contributed by atoms with Gasteiger partial charge in [-0.2, -0.15) is 5.10 Å². The Balaban J connectivity index is 1.33. The lowest BCUT2D eigenvalue weighted by Gasteiger charge is -2.33. The molecule has 0 aliphatic carbocycles. The molecule has 0 N–H and O–H groups in total. The molecule has 2 aliphatic rings. The number of amides is 1. The van der Waals surface area contributed by atoms with E-state index in [0.29, 0.717) is 12.3 Å². The fourth-order valence-corrected chi connectivity index (χ4v) is 4.19. The number of carbonyl (C=O) groups excluding carboxylic acids is 1. The number of rotatable bonds is 6. The summed E-state index contributed by atoms with van der Waals surface area (Å²) < 4.78 is 7.26. The van der Waals surface area contributed by atoms with E-state index < -0.39 is 0 Å². The molecule has 2 aromatic heterocycles. The fourth-order valence-electron chi connectivity index (χ4n) is 4.19. The number of aryl methyl sites for hydroxylation is 2. The van der Waals surface area contributed by atoms with Crippen molar-refractivity contribution in [2.24, 2.45) is 0 Å². The van der Waals surface area contributed by atoms with Crippen LogP contribution in [-0.2, 0) is 16.1 Å². The molecule has 4 rings (SSSR count). The zero-order valence-corrected chi connectivity index (χ0v) is 18.0. The number of ether oxygens (including phenoxy) is 1. The van der Waals surface area contributed by atoms with E-state index in [0.717, 1.165) is 88.1 Å². The maximum Gasteiger partial charge on any atom is 0.222 e. The van der Waals surface area contributed by atoms with Gasteiger partial charge in [0, 0.05) is 56.3 Å². The van der Waals surface area contributed by atoms with Crippen molar-refractivity contribution in [2.75, 3.05) is 44.3 Å². The van der Waals surface area contributed by atoms with Gasteiger partial charge >= 0.3 is 0 Å². The van der Waals surface area contributed by atoms with Crippen molar-refractivity contribution in [3.8, 4) is 0 Å². The molecule has 0 spiro atoms. The fraction of sp³-hybridized carbons (Fsp3) is 0.667. The molecular formula is C21H31N7O2. The number of anilines is 1. The third kappa shape index (κ3) is 4.77. The highest BCUT2D eigenvalue weighted by Crippen LogP contribution is 2.29. The summed E-state index contributed by atoms with van der Waals surface area (Å²) in [6.07, 6.45) is 6.37. The zero-order chi connectivity index (χ0) is 20.9. The SMILES string of the molecule is Cc1nc(C2CCN(C(=O)CCCn3cncn3)CC2)nc(N2CCOCC2)c1C. The van der Waals surface area contributed by atoms with Gasteiger partial charge in [0.1, 0.15) is 24.3 Å². The lowest BCUT2D eigenvalue weighted by atomic mass is 9.95. The number of aromatic nitrogens is 5. The first-order chi connectivity index (χ1) is 14.6. The molecule has 0 aromatic carbocycles. The van der Waals surface area contributed by atoms with Crippen molar-refractivity contribution >= 4 is 11.7 Å². The molecule has 0 bridgehead atoms. The van der Waals surface area contributed by atoms with Crippen molar-refractivity contribution in [3.63, 3.8) is 0 Å².